The minimum Gasteiger partial charge on any atom is -0.370 e. The molecule has 0 saturated heterocycles. The average Bonchev–Trinajstić information content (AvgIpc) is 2.43. The zero-order valence-electron chi connectivity index (χ0n) is 11.8. The van der Waals surface area contributed by atoms with Gasteiger partial charge < -0.3 is 10.6 Å². The summed E-state index contributed by atoms with van der Waals surface area (Å²) < 4.78 is 13.1. The zero-order chi connectivity index (χ0) is 14.4. The van der Waals surface area contributed by atoms with E-state index >= 15 is 0 Å². The van der Waals surface area contributed by atoms with Crippen LogP contribution in [0.3, 0.4) is 0 Å². The van der Waals surface area contributed by atoms with Crippen LogP contribution in [0.25, 0.3) is 0 Å². The highest BCUT2D eigenvalue weighted by molar-refractivity contribution is 5.56. The Morgan fingerprint density at radius 3 is 2.60 bits per heavy atom. The molecular weight excluding hydrogens is 255 g/mol. The molecule has 0 atom stereocenters. The molecule has 2 N–H and O–H groups in total. The number of aromatic nitrogens is 2. The zero-order valence-corrected chi connectivity index (χ0v) is 11.8. The largest absolute Gasteiger partial charge is 0.370 e. The predicted molar refractivity (Wildman–Crippen MR) is 79.5 cm³/mol. The summed E-state index contributed by atoms with van der Waals surface area (Å²) in [7, 11) is 0. The molecule has 2 rings (SSSR count). The van der Waals surface area contributed by atoms with Gasteiger partial charge in [0.15, 0.2) is 0 Å². The van der Waals surface area contributed by atoms with Crippen molar-refractivity contribution in [1.82, 2.24) is 9.97 Å². The molecule has 1 heterocycles. The molecule has 1 aromatic heterocycles. The van der Waals surface area contributed by atoms with E-state index in [1.165, 1.54) is 12.4 Å². The van der Waals surface area contributed by atoms with Crippen LogP contribution in [-0.4, -0.2) is 23.1 Å². The second-order valence-corrected chi connectivity index (χ2v) is 4.53. The van der Waals surface area contributed by atoms with Crippen LogP contribution >= 0.6 is 0 Å². The van der Waals surface area contributed by atoms with Crippen LogP contribution < -0.4 is 10.6 Å². The van der Waals surface area contributed by atoms with Crippen LogP contribution in [0.4, 0.5) is 16.0 Å². The molecule has 0 aliphatic carbocycles. The van der Waals surface area contributed by atoms with Gasteiger partial charge in [-0.3, -0.25) is 0 Å². The first-order valence-corrected chi connectivity index (χ1v) is 6.74. The van der Waals surface area contributed by atoms with E-state index < -0.39 is 0 Å². The van der Waals surface area contributed by atoms with Gasteiger partial charge in [0, 0.05) is 18.7 Å². The third-order valence-electron chi connectivity index (χ3n) is 3.02. The number of hydrogen-bond donors (Lipinski definition) is 2. The highest BCUT2D eigenvalue weighted by Crippen LogP contribution is 2.17. The predicted octanol–water partition coefficient (Wildman–Crippen LogP) is 3.01. The number of nitrogens with one attached hydrogen (secondary N) is 2. The maximum atomic E-state index is 13.1. The van der Waals surface area contributed by atoms with Crippen LogP contribution in [0.1, 0.15) is 18.1 Å². The molecule has 0 saturated carbocycles. The number of nitrogens with zero attached hydrogens (tertiary/aromatic N) is 2. The lowest BCUT2D eigenvalue weighted by molar-refractivity contribution is 0.625. The molecule has 0 radical (unpaired) electrons. The molecule has 0 bridgehead atoms. The van der Waals surface area contributed by atoms with Gasteiger partial charge in [-0.05, 0) is 38.0 Å². The van der Waals surface area contributed by atoms with E-state index in [0.717, 1.165) is 35.7 Å². The Morgan fingerprint density at radius 1 is 1.15 bits per heavy atom. The summed E-state index contributed by atoms with van der Waals surface area (Å²) in [6, 6.07) is 6.65. The Kier molecular flexibility index (Phi) is 4.87. The SMILES string of the molecule is CCNc1ncnc(NCCc2cccc(F)c2)c1C. The van der Waals surface area contributed by atoms with E-state index in [0.29, 0.717) is 6.54 Å². The highest BCUT2D eigenvalue weighted by atomic mass is 19.1. The second kappa shape index (κ2) is 6.84. The number of rotatable bonds is 6. The fourth-order valence-electron chi connectivity index (χ4n) is 1.99. The van der Waals surface area contributed by atoms with E-state index in [9.17, 15) is 4.39 Å². The molecule has 0 spiro atoms. The smallest absolute Gasteiger partial charge is 0.134 e. The standard InChI is InChI=1S/C15H19FN4/c1-3-17-14-11(2)15(20-10-19-14)18-8-7-12-5-4-6-13(16)9-12/h4-6,9-10H,3,7-8H2,1-2H3,(H2,17,18,19,20). The van der Waals surface area contributed by atoms with Gasteiger partial charge in [-0.15, -0.1) is 0 Å². The van der Waals surface area contributed by atoms with Crippen LogP contribution in [0.5, 0.6) is 0 Å². The normalized spacial score (nSPS) is 10.3. The molecule has 106 valence electrons. The Morgan fingerprint density at radius 2 is 1.90 bits per heavy atom. The van der Waals surface area contributed by atoms with Gasteiger partial charge in [-0.2, -0.15) is 0 Å². The van der Waals surface area contributed by atoms with Crippen molar-refractivity contribution in [2.45, 2.75) is 20.3 Å². The van der Waals surface area contributed by atoms with Crippen molar-refractivity contribution in [3.05, 3.63) is 47.5 Å². The number of benzene rings is 1. The molecule has 20 heavy (non-hydrogen) atoms. The minimum absolute atomic E-state index is 0.199. The molecule has 5 heteroatoms. The topological polar surface area (TPSA) is 49.8 Å². The van der Waals surface area contributed by atoms with Crippen molar-refractivity contribution in [2.75, 3.05) is 23.7 Å². The first-order chi connectivity index (χ1) is 9.70. The lowest BCUT2D eigenvalue weighted by atomic mass is 10.1. The fraction of sp³-hybridized carbons (Fsp3) is 0.333. The third-order valence-corrected chi connectivity index (χ3v) is 3.02. The average molecular weight is 274 g/mol. The molecule has 2 aromatic rings. The first-order valence-electron chi connectivity index (χ1n) is 6.74. The van der Waals surface area contributed by atoms with E-state index in [2.05, 4.69) is 20.6 Å². The lowest BCUT2D eigenvalue weighted by Crippen LogP contribution is -2.10. The molecule has 1 aromatic carbocycles. The van der Waals surface area contributed by atoms with Crippen LogP contribution in [-0.2, 0) is 6.42 Å². The summed E-state index contributed by atoms with van der Waals surface area (Å²) in [6.07, 6.45) is 2.28. The highest BCUT2D eigenvalue weighted by Gasteiger charge is 2.05. The third kappa shape index (κ3) is 3.66. The molecule has 0 fully saturated rings. The van der Waals surface area contributed by atoms with Gasteiger partial charge in [0.05, 0.1) is 0 Å². The van der Waals surface area contributed by atoms with Crippen molar-refractivity contribution in [1.29, 1.82) is 0 Å². The summed E-state index contributed by atoms with van der Waals surface area (Å²) >= 11 is 0. The van der Waals surface area contributed by atoms with Crippen molar-refractivity contribution in [3.8, 4) is 0 Å². The second-order valence-electron chi connectivity index (χ2n) is 4.53. The Labute approximate surface area is 118 Å². The quantitative estimate of drug-likeness (QED) is 0.850. The first kappa shape index (κ1) is 14.2. The summed E-state index contributed by atoms with van der Waals surface area (Å²) in [5.74, 6) is 1.46. The van der Waals surface area contributed by atoms with Gasteiger partial charge in [0.2, 0.25) is 0 Å². The molecule has 0 unspecified atom stereocenters. The summed E-state index contributed by atoms with van der Waals surface area (Å²) in [5.41, 5.74) is 1.96. The monoisotopic (exact) mass is 274 g/mol. The maximum Gasteiger partial charge on any atom is 0.134 e. The van der Waals surface area contributed by atoms with Gasteiger partial charge in [-0.25, -0.2) is 14.4 Å². The van der Waals surface area contributed by atoms with E-state index in [4.69, 9.17) is 0 Å². The van der Waals surface area contributed by atoms with Crippen molar-refractivity contribution < 1.29 is 4.39 Å². The van der Waals surface area contributed by atoms with E-state index in [-0.39, 0.29) is 5.82 Å². The van der Waals surface area contributed by atoms with E-state index in [1.807, 2.05) is 19.9 Å². The van der Waals surface area contributed by atoms with Crippen molar-refractivity contribution in [2.24, 2.45) is 0 Å². The van der Waals surface area contributed by atoms with Gasteiger partial charge in [0.1, 0.15) is 23.8 Å². The molecule has 0 amide bonds. The maximum absolute atomic E-state index is 13.1. The molecule has 4 nitrogen and oxygen atoms in total. The minimum atomic E-state index is -0.199. The number of anilines is 2. The lowest BCUT2D eigenvalue weighted by Gasteiger charge is -2.11. The fourth-order valence-corrected chi connectivity index (χ4v) is 1.99. The number of halogens is 1. The van der Waals surface area contributed by atoms with E-state index in [1.54, 1.807) is 12.1 Å². The van der Waals surface area contributed by atoms with Gasteiger partial charge in [-0.1, -0.05) is 12.1 Å². The Balaban J connectivity index is 1.96. The summed E-state index contributed by atoms with van der Waals surface area (Å²) in [4.78, 5) is 8.43. The Hall–Kier alpha value is -2.17. The van der Waals surface area contributed by atoms with Crippen LogP contribution in [0, 0.1) is 12.7 Å². The molecule has 0 aliphatic heterocycles. The van der Waals surface area contributed by atoms with Crippen LogP contribution in [0.2, 0.25) is 0 Å². The Bertz CT molecular complexity index is 572. The van der Waals surface area contributed by atoms with Gasteiger partial charge >= 0.3 is 0 Å². The summed E-state index contributed by atoms with van der Waals surface area (Å²) in [6.45, 7) is 5.52. The van der Waals surface area contributed by atoms with Crippen molar-refractivity contribution in [3.63, 3.8) is 0 Å². The molecular formula is C15H19FN4. The van der Waals surface area contributed by atoms with Crippen LogP contribution in [0.15, 0.2) is 30.6 Å². The van der Waals surface area contributed by atoms with Crippen molar-refractivity contribution >= 4 is 11.6 Å². The molecule has 0 aliphatic rings. The number of hydrogen-bond acceptors (Lipinski definition) is 4. The van der Waals surface area contributed by atoms with Gasteiger partial charge in [0.25, 0.3) is 0 Å². The summed E-state index contributed by atoms with van der Waals surface area (Å²) in [5, 5.41) is 6.46.